The van der Waals surface area contributed by atoms with E-state index in [1.807, 2.05) is 11.7 Å². The second-order valence-corrected chi connectivity index (χ2v) is 5.55. The van der Waals surface area contributed by atoms with Crippen LogP contribution in [0.5, 0.6) is 0 Å². The molecule has 0 N–H and O–H groups in total. The Labute approximate surface area is 124 Å². The molecule has 0 spiro atoms. The average molecular weight is 275 g/mol. The molecule has 3 nitrogen and oxygen atoms in total. The van der Waals surface area contributed by atoms with Gasteiger partial charge in [-0.2, -0.15) is 0 Å². The van der Waals surface area contributed by atoms with Crippen molar-refractivity contribution < 1.29 is 0 Å². The summed E-state index contributed by atoms with van der Waals surface area (Å²) in [6.07, 6.45) is 12.0. The van der Waals surface area contributed by atoms with Crippen molar-refractivity contribution in [1.29, 1.82) is 0 Å². The number of nitrogens with zero attached hydrogens (tertiary/aromatic N) is 3. The molecule has 1 aromatic carbocycles. The van der Waals surface area contributed by atoms with Gasteiger partial charge in [0.2, 0.25) is 0 Å². The highest BCUT2D eigenvalue weighted by molar-refractivity contribution is 5.86. The number of rotatable bonds is 0. The van der Waals surface area contributed by atoms with Gasteiger partial charge in [-0.15, -0.1) is 5.10 Å². The third-order valence-electron chi connectivity index (χ3n) is 4.24. The summed E-state index contributed by atoms with van der Waals surface area (Å²) in [4.78, 5) is 0. The Morgan fingerprint density at radius 3 is 2.86 bits per heavy atom. The van der Waals surface area contributed by atoms with Crippen molar-refractivity contribution in [3.63, 3.8) is 0 Å². The van der Waals surface area contributed by atoms with Gasteiger partial charge in [0.25, 0.3) is 0 Å². The molecule has 1 heterocycles. The van der Waals surface area contributed by atoms with Crippen molar-refractivity contribution in [3.8, 4) is 11.3 Å². The SMILES string of the molecule is Cn1nnc2c1C1=C(C=CCC=C1)CCc1ccccc1-2. The summed E-state index contributed by atoms with van der Waals surface area (Å²) < 4.78 is 1.90. The topological polar surface area (TPSA) is 30.7 Å². The van der Waals surface area contributed by atoms with E-state index in [-0.39, 0.29) is 0 Å². The zero-order chi connectivity index (χ0) is 14.2. The largest absolute Gasteiger partial charge is 0.247 e. The summed E-state index contributed by atoms with van der Waals surface area (Å²) >= 11 is 0. The standard InChI is InChI=1S/C18H17N3/c1-21-18-16-10-4-2-3-7-14(16)12-11-13-8-5-6-9-15(13)17(18)19-20-21/h3-10H,2,11-12H2,1H3. The molecule has 0 saturated heterocycles. The Morgan fingerprint density at radius 1 is 1.05 bits per heavy atom. The van der Waals surface area contributed by atoms with E-state index in [1.165, 1.54) is 22.3 Å². The maximum Gasteiger partial charge on any atom is 0.121 e. The zero-order valence-corrected chi connectivity index (χ0v) is 12.1. The number of hydrogen-bond donors (Lipinski definition) is 0. The van der Waals surface area contributed by atoms with Crippen LogP contribution >= 0.6 is 0 Å². The molecule has 0 aliphatic heterocycles. The van der Waals surface area contributed by atoms with Crippen molar-refractivity contribution in [2.45, 2.75) is 19.3 Å². The summed E-state index contributed by atoms with van der Waals surface area (Å²) in [7, 11) is 1.98. The first kappa shape index (κ1) is 12.3. The van der Waals surface area contributed by atoms with Gasteiger partial charge in [-0.3, -0.25) is 0 Å². The molecule has 3 heteroatoms. The minimum Gasteiger partial charge on any atom is -0.247 e. The van der Waals surface area contributed by atoms with Crippen LogP contribution in [0.2, 0.25) is 0 Å². The van der Waals surface area contributed by atoms with E-state index >= 15 is 0 Å². The van der Waals surface area contributed by atoms with Gasteiger partial charge in [-0.05, 0) is 30.4 Å². The molecule has 0 saturated carbocycles. The molecule has 1 aromatic heterocycles. The number of fused-ring (bicyclic) bond motifs is 4. The van der Waals surface area contributed by atoms with Crippen LogP contribution < -0.4 is 0 Å². The highest BCUT2D eigenvalue weighted by Crippen LogP contribution is 2.36. The highest BCUT2D eigenvalue weighted by Gasteiger charge is 2.22. The predicted octanol–water partition coefficient (Wildman–Crippen LogP) is 3.70. The molecule has 0 bridgehead atoms. The smallest absolute Gasteiger partial charge is 0.121 e. The molecule has 4 rings (SSSR count). The molecule has 0 fully saturated rings. The van der Waals surface area contributed by atoms with Gasteiger partial charge in [0.15, 0.2) is 0 Å². The molecule has 0 amide bonds. The van der Waals surface area contributed by atoms with Gasteiger partial charge >= 0.3 is 0 Å². The van der Waals surface area contributed by atoms with Crippen LogP contribution in [0, 0.1) is 0 Å². The summed E-state index contributed by atoms with van der Waals surface area (Å²) in [5.74, 6) is 0. The summed E-state index contributed by atoms with van der Waals surface area (Å²) in [5, 5.41) is 8.72. The number of benzene rings is 1. The Morgan fingerprint density at radius 2 is 1.90 bits per heavy atom. The summed E-state index contributed by atoms with van der Waals surface area (Å²) in [6, 6.07) is 8.55. The Balaban J connectivity index is 2.04. The van der Waals surface area contributed by atoms with Crippen molar-refractivity contribution in [1.82, 2.24) is 15.0 Å². The predicted molar refractivity (Wildman–Crippen MR) is 84.6 cm³/mol. The van der Waals surface area contributed by atoms with Crippen molar-refractivity contribution >= 4 is 5.57 Å². The van der Waals surface area contributed by atoms with Gasteiger partial charge in [-0.25, -0.2) is 4.68 Å². The molecule has 2 aliphatic carbocycles. The van der Waals surface area contributed by atoms with Gasteiger partial charge in [-0.1, -0.05) is 53.8 Å². The first-order valence-electron chi connectivity index (χ1n) is 7.39. The van der Waals surface area contributed by atoms with Gasteiger partial charge in [0.05, 0.1) is 5.69 Å². The minimum absolute atomic E-state index is 0.987. The zero-order valence-electron chi connectivity index (χ0n) is 12.1. The molecule has 0 unspecified atom stereocenters. The molecule has 104 valence electrons. The number of aromatic nitrogens is 3. The van der Waals surface area contributed by atoms with Crippen LogP contribution in [-0.4, -0.2) is 15.0 Å². The molecule has 0 atom stereocenters. The van der Waals surface area contributed by atoms with Crippen LogP contribution in [0.4, 0.5) is 0 Å². The van der Waals surface area contributed by atoms with Gasteiger partial charge < -0.3 is 0 Å². The third-order valence-corrected chi connectivity index (χ3v) is 4.24. The van der Waals surface area contributed by atoms with E-state index in [4.69, 9.17) is 0 Å². The number of allylic oxidation sites excluding steroid dienone is 6. The van der Waals surface area contributed by atoms with E-state index in [0.29, 0.717) is 0 Å². The second-order valence-electron chi connectivity index (χ2n) is 5.55. The van der Waals surface area contributed by atoms with E-state index in [2.05, 4.69) is 58.9 Å². The monoisotopic (exact) mass is 275 g/mol. The lowest BCUT2D eigenvalue weighted by Crippen LogP contribution is -2.04. The van der Waals surface area contributed by atoms with Crippen LogP contribution in [0.1, 0.15) is 24.1 Å². The summed E-state index contributed by atoms with van der Waals surface area (Å²) in [6.45, 7) is 0. The van der Waals surface area contributed by atoms with E-state index in [1.54, 1.807) is 0 Å². The fraction of sp³-hybridized carbons (Fsp3) is 0.222. The fourth-order valence-electron chi connectivity index (χ4n) is 3.20. The average Bonchev–Trinajstić information content (AvgIpc) is 2.72. The van der Waals surface area contributed by atoms with Crippen LogP contribution in [0.25, 0.3) is 16.8 Å². The molecule has 2 aromatic rings. The third kappa shape index (κ3) is 1.97. The van der Waals surface area contributed by atoms with Crippen LogP contribution in [0.15, 0.2) is 54.1 Å². The Bertz CT molecular complexity index is 791. The van der Waals surface area contributed by atoms with Crippen LogP contribution in [-0.2, 0) is 13.5 Å². The van der Waals surface area contributed by atoms with Gasteiger partial charge in [0.1, 0.15) is 5.69 Å². The molecular weight excluding hydrogens is 258 g/mol. The lowest BCUT2D eigenvalue weighted by molar-refractivity contribution is 0.707. The van der Waals surface area contributed by atoms with Crippen molar-refractivity contribution in [3.05, 3.63) is 65.4 Å². The van der Waals surface area contributed by atoms with Crippen LogP contribution in [0.3, 0.4) is 0 Å². The van der Waals surface area contributed by atoms with E-state index in [0.717, 1.165) is 30.7 Å². The molecule has 2 aliphatic rings. The van der Waals surface area contributed by atoms with Crippen molar-refractivity contribution in [2.24, 2.45) is 7.05 Å². The number of hydrogen-bond acceptors (Lipinski definition) is 2. The Kier molecular flexibility index (Phi) is 2.85. The number of aryl methyl sites for hydroxylation is 2. The minimum atomic E-state index is 0.987. The summed E-state index contributed by atoms with van der Waals surface area (Å²) in [5.41, 5.74) is 7.34. The normalized spacial score (nSPS) is 16.6. The first-order chi connectivity index (χ1) is 10.3. The first-order valence-corrected chi connectivity index (χ1v) is 7.39. The Hall–Kier alpha value is -2.42. The lowest BCUT2D eigenvalue weighted by Gasteiger charge is -2.17. The second kappa shape index (κ2) is 4.85. The maximum absolute atomic E-state index is 4.44. The van der Waals surface area contributed by atoms with Gasteiger partial charge in [0, 0.05) is 18.2 Å². The molecular formula is C18H17N3. The van der Waals surface area contributed by atoms with E-state index < -0.39 is 0 Å². The fourth-order valence-corrected chi connectivity index (χ4v) is 3.20. The highest BCUT2D eigenvalue weighted by atomic mass is 15.4. The quantitative estimate of drug-likeness (QED) is 0.734. The lowest BCUT2D eigenvalue weighted by atomic mass is 9.89. The van der Waals surface area contributed by atoms with Crippen molar-refractivity contribution in [2.75, 3.05) is 0 Å². The molecule has 0 radical (unpaired) electrons. The van der Waals surface area contributed by atoms with E-state index in [9.17, 15) is 0 Å². The molecule has 21 heavy (non-hydrogen) atoms. The maximum atomic E-state index is 4.44.